The van der Waals surface area contributed by atoms with Crippen LogP contribution in [0.2, 0.25) is 0 Å². The van der Waals surface area contributed by atoms with E-state index in [9.17, 15) is 14.4 Å². The molecule has 0 saturated heterocycles. The molecular formula is C20H30N2O6. The minimum absolute atomic E-state index is 0.0432. The molecule has 0 saturated carbocycles. The van der Waals surface area contributed by atoms with E-state index >= 15 is 0 Å². The molecule has 1 atom stereocenters. The molecule has 8 nitrogen and oxygen atoms in total. The van der Waals surface area contributed by atoms with Crippen molar-refractivity contribution in [3.8, 4) is 0 Å². The number of amides is 2. The summed E-state index contributed by atoms with van der Waals surface area (Å²) in [6.45, 7) is 8.97. The number of benzene rings is 1. The molecule has 1 unspecified atom stereocenters. The number of carbonyl (C=O) groups excluding carboxylic acids is 3. The average Bonchev–Trinajstić information content (AvgIpc) is 2.60. The van der Waals surface area contributed by atoms with Crippen LogP contribution in [0.15, 0.2) is 30.3 Å². The van der Waals surface area contributed by atoms with E-state index in [0.717, 1.165) is 5.56 Å². The van der Waals surface area contributed by atoms with Gasteiger partial charge in [-0.2, -0.15) is 0 Å². The number of carbonyl (C=O) groups is 3. The van der Waals surface area contributed by atoms with Crippen molar-refractivity contribution >= 4 is 18.2 Å². The summed E-state index contributed by atoms with van der Waals surface area (Å²) in [5.41, 5.74) is 0.205. The molecule has 2 N–H and O–H groups in total. The zero-order valence-electron chi connectivity index (χ0n) is 17.1. The van der Waals surface area contributed by atoms with E-state index in [4.69, 9.17) is 14.2 Å². The van der Waals surface area contributed by atoms with Gasteiger partial charge in [0.1, 0.15) is 24.9 Å². The van der Waals surface area contributed by atoms with Crippen LogP contribution in [0.25, 0.3) is 0 Å². The Morgan fingerprint density at radius 3 is 2.21 bits per heavy atom. The summed E-state index contributed by atoms with van der Waals surface area (Å²) in [6.07, 6.45) is -1.29. The van der Waals surface area contributed by atoms with Gasteiger partial charge in [-0.3, -0.25) is 0 Å². The van der Waals surface area contributed by atoms with Gasteiger partial charge in [0.05, 0.1) is 6.54 Å². The number of rotatable bonds is 8. The maximum atomic E-state index is 12.2. The van der Waals surface area contributed by atoms with Crippen molar-refractivity contribution < 1.29 is 28.6 Å². The first-order chi connectivity index (χ1) is 13.1. The van der Waals surface area contributed by atoms with Crippen LogP contribution in [0.4, 0.5) is 9.59 Å². The van der Waals surface area contributed by atoms with Crippen molar-refractivity contribution in [2.24, 2.45) is 5.92 Å². The molecule has 0 aliphatic rings. The molecular weight excluding hydrogens is 364 g/mol. The van der Waals surface area contributed by atoms with Gasteiger partial charge in [-0.25, -0.2) is 14.4 Å². The second-order valence-electron chi connectivity index (χ2n) is 7.52. The molecule has 0 spiro atoms. The Labute approximate surface area is 165 Å². The molecule has 0 radical (unpaired) electrons. The van der Waals surface area contributed by atoms with E-state index in [1.165, 1.54) is 0 Å². The van der Waals surface area contributed by atoms with E-state index in [2.05, 4.69) is 10.6 Å². The Balaban J connectivity index is 2.32. The summed E-state index contributed by atoms with van der Waals surface area (Å²) >= 11 is 0. The predicted octanol–water partition coefficient (Wildman–Crippen LogP) is 3.01. The third-order valence-electron chi connectivity index (χ3n) is 3.42. The molecule has 8 heteroatoms. The minimum atomic E-state index is -0.847. The standard InChI is InChI=1S/C20H30N2O6/c1-14(2)16(22-19(25)28-20(3,4)5)17(23)26-12-11-21-18(24)27-13-15-9-7-6-8-10-15/h6-10,14,16H,11-13H2,1-5H3,(H,21,24)(H,22,25). The monoisotopic (exact) mass is 394 g/mol. The molecule has 0 aliphatic heterocycles. The molecule has 0 aliphatic carbocycles. The molecule has 1 aromatic carbocycles. The Morgan fingerprint density at radius 1 is 1.00 bits per heavy atom. The van der Waals surface area contributed by atoms with Gasteiger partial charge in [-0.05, 0) is 32.3 Å². The largest absolute Gasteiger partial charge is 0.462 e. The highest BCUT2D eigenvalue weighted by Crippen LogP contribution is 2.09. The topological polar surface area (TPSA) is 103 Å². The summed E-state index contributed by atoms with van der Waals surface area (Å²) in [4.78, 5) is 35.7. The number of ether oxygens (including phenoxy) is 3. The Kier molecular flexibility index (Phi) is 9.27. The van der Waals surface area contributed by atoms with Gasteiger partial charge >= 0.3 is 18.2 Å². The van der Waals surface area contributed by atoms with Crippen molar-refractivity contribution in [1.29, 1.82) is 0 Å². The zero-order chi connectivity index (χ0) is 21.2. The molecule has 1 aromatic rings. The summed E-state index contributed by atoms with van der Waals surface area (Å²) in [7, 11) is 0. The Hall–Kier alpha value is -2.77. The van der Waals surface area contributed by atoms with Crippen molar-refractivity contribution in [2.45, 2.75) is 52.9 Å². The van der Waals surface area contributed by atoms with Crippen LogP contribution in [0.1, 0.15) is 40.2 Å². The van der Waals surface area contributed by atoms with Crippen LogP contribution >= 0.6 is 0 Å². The highest BCUT2D eigenvalue weighted by molar-refractivity contribution is 5.81. The van der Waals surface area contributed by atoms with Gasteiger partial charge < -0.3 is 24.8 Å². The Bertz CT molecular complexity index is 640. The van der Waals surface area contributed by atoms with Crippen molar-refractivity contribution in [3.63, 3.8) is 0 Å². The first kappa shape index (κ1) is 23.3. The van der Waals surface area contributed by atoms with Crippen LogP contribution in [-0.2, 0) is 25.6 Å². The fourth-order valence-electron chi connectivity index (χ4n) is 2.10. The smallest absolute Gasteiger partial charge is 0.408 e. The van der Waals surface area contributed by atoms with Gasteiger partial charge in [0.2, 0.25) is 0 Å². The van der Waals surface area contributed by atoms with Gasteiger partial charge in [0.25, 0.3) is 0 Å². The molecule has 0 bridgehead atoms. The van der Waals surface area contributed by atoms with E-state index in [1.807, 2.05) is 30.3 Å². The van der Waals surface area contributed by atoms with Crippen molar-refractivity contribution in [1.82, 2.24) is 10.6 Å². The maximum Gasteiger partial charge on any atom is 0.408 e. The quantitative estimate of drug-likeness (QED) is 0.399. The van der Waals surface area contributed by atoms with E-state index in [-0.39, 0.29) is 25.7 Å². The van der Waals surface area contributed by atoms with Crippen molar-refractivity contribution in [3.05, 3.63) is 35.9 Å². The highest BCUT2D eigenvalue weighted by atomic mass is 16.6. The number of nitrogens with one attached hydrogen (secondary N) is 2. The summed E-state index contributed by atoms with van der Waals surface area (Å²) in [6, 6.07) is 8.43. The zero-order valence-corrected chi connectivity index (χ0v) is 17.1. The number of esters is 1. The number of hydrogen-bond donors (Lipinski definition) is 2. The van der Waals surface area contributed by atoms with Gasteiger partial charge in [-0.15, -0.1) is 0 Å². The van der Waals surface area contributed by atoms with Crippen LogP contribution in [0.3, 0.4) is 0 Å². The fraction of sp³-hybridized carbons (Fsp3) is 0.550. The normalized spacial score (nSPS) is 12.1. The molecule has 0 fully saturated rings. The van der Waals surface area contributed by atoms with Gasteiger partial charge in [0, 0.05) is 0 Å². The lowest BCUT2D eigenvalue weighted by molar-refractivity contribution is -0.147. The van der Waals surface area contributed by atoms with Crippen LogP contribution in [0, 0.1) is 5.92 Å². The van der Waals surface area contributed by atoms with E-state index < -0.39 is 29.8 Å². The molecule has 1 rings (SSSR count). The molecule has 2 amide bonds. The molecule has 0 heterocycles. The third-order valence-corrected chi connectivity index (χ3v) is 3.42. The number of hydrogen-bond acceptors (Lipinski definition) is 6. The first-order valence-electron chi connectivity index (χ1n) is 9.19. The second kappa shape index (κ2) is 11.2. The molecule has 156 valence electrons. The summed E-state index contributed by atoms with van der Waals surface area (Å²) in [5.74, 6) is -0.788. The van der Waals surface area contributed by atoms with Crippen molar-refractivity contribution in [2.75, 3.05) is 13.2 Å². The van der Waals surface area contributed by atoms with Gasteiger partial charge in [-0.1, -0.05) is 44.2 Å². The summed E-state index contributed by atoms with van der Waals surface area (Å²) < 4.78 is 15.3. The lowest BCUT2D eigenvalue weighted by Gasteiger charge is -2.24. The van der Waals surface area contributed by atoms with Gasteiger partial charge in [0.15, 0.2) is 0 Å². The highest BCUT2D eigenvalue weighted by Gasteiger charge is 2.28. The SMILES string of the molecule is CC(C)C(NC(=O)OC(C)(C)C)C(=O)OCCNC(=O)OCc1ccccc1. The summed E-state index contributed by atoms with van der Waals surface area (Å²) in [5, 5.41) is 5.01. The molecule has 28 heavy (non-hydrogen) atoms. The Morgan fingerprint density at radius 2 is 1.64 bits per heavy atom. The fourth-order valence-corrected chi connectivity index (χ4v) is 2.10. The molecule has 0 aromatic heterocycles. The average molecular weight is 394 g/mol. The minimum Gasteiger partial charge on any atom is -0.462 e. The van der Waals surface area contributed by atoms with Crippen LogP contribution in [0.5, 0.6) is 0 Å². The van der Waals surface area contributed by atoms with E-state index in [0.29, 0.717) is 0 Å². The predicted molar refractivity (Wildman–Crippen MR) is 104 cm³/mol. The second-order valence-corrected chi connectivity index (χ2v) is 7.52. The lowest BCUT2D eigenvalue weighted by Crippen LogP contribution is -2.47. The first-order valence-corrected chi connectivity index (χ1v) is 9.19. The number of alkyl carbamates (subject to hydrolysis) is 2. The van der Waals surface area contributed by atoms with E-state index in [1.54, 1.807) is 34.6 Å². The maximum absolute atomic E-state index is 12.2. The van der Waals surface area contributed by atoms with Crippen LogP contribution in [-0.4, -0.2) is 43.0 Å². The van der Waals surface area contributed by atoms with Crippen LogP contribution < -0.4 is 10.6 Å². The third kappa shape index (κ3) is 9.80. The lowest BCUT2D eigenvalue weighted by atomic mass is 10.1.